The van der Waals surface area contributed by atoms with E-state index in [1.165, 1.54) is 0 Å². The van der Waals surface area contributed by atoms with Gasteiger partial charge in [0.2, 0.25) is 0 Å². The van der Waals surface area contributed by atoms with Crippen LogP contribution in [0.4, 0.5) is 0 Å². The van der Waals surface area contributed by atoms with Crippen molar-refractivity contribution in [1.82, 2.24) is 15.5 Å². The number of morpholine rings is 1. The highest BCUT2D eigenvalue weighted by Gasteiger charge is 2.24. The van der Waals surface area contributed by atoms with E-state index in [9.17, 15) is 0 Å². The van der Waals surface area contributed by atoms with Gasteiger partial charge in [-0.2, -0.15) is 11.8 Å². The lowest BCUT2D eigenvalue weighted by Crippen LogP contribution is -2.42. The van der Waals surface area contributed by atoms with Gasteiger partial charge in [0, 0.05) is 37.0 Å². The largest absolute Gasteiger partial charge is 0.379 e. The number of guanidine groups is 1. The van der Waals surface area contributed by atoms with Crippen molar-refractivity contribution in [3.05, 3.63) is 34.9 Å². The summed E-state index contributed by atoms with van der Waals surface area (Å²) in [4.78, 5) is 7.24. The lowest BCUT2D eigenvalue weighted by atomic mass is 10.0. The highest BCUT2D eigenvalue weighted by atomic mass is 35.5. The number of nitrogens with one attached hydrogen (secondary N) is 2. The monoisotopic (exact) mass is 384 g/mol. The lowest BCUT2D eigenvalue weighted by Gasteiger charge is -2.34. The van der Waals surface area contributed by atoms with Crippen LogP contribution < -0.4 is 10.6 Å². The third kappa shape index (κ3) is 6.70. The lowest BCUT2D eigenvalue weighted by molar-refractivity contribution is 0.0180. The minimum absolute atomic E-state index is 0.161. The van der Waals surface area contributed by atoms with Gasteiger partial charge >= 0.3 is 0 Å². The molecule has 0 spiro atoms. The Labute approximate surface area is 160 Å². The highest BCUT2D eigenvalue weighted by Crippen LogP contribution is 2.28. The number of halogens is 1. The van der Waals surface area contributed by atoms with E-state index in [0.717, 1.165) is 61.7 Å². The fourth-order valence-corrected chi connectivity index (χ4v) is 3.40. The summed E-state index contributed by atoms with van der Waals surface area (Å²) in [5.74, 6) is 1.92. The van der Waals surface area contributed by atoms with Crippen molar-refractivity contribution in [3.8, 4) is 0 Å². The van der Waals surface area contributed by atoms with Gasteiger partial charge in [0.25, 0.3) is 0 Å². The number of hydrogen-bond donors (Lipinski definition) is 2. The molecule has 7 heteroatoms. The SMILES string of the molecule is CCNC(=NCC(c1ccccc1Cl)N1CCOCC1)NCCSC. The molecule has 0 aliphatic carbocycles. The molecule has 0 amide bonds. The van der Waals surface area contributed by atoms with E-state index < -0.39 is 0 Å². The summed E-state index contributed by atoms with van der Waals surface area (Å²) in [5.41, 5.74) is 1.13. The average molecular weight is 385 g/mol. The number of rotatable bonds is 8. The second-order valence-electron chi connectivity index (χ2n) is 5.82. The number of ether oxygens (including phenoxy) is 1. The minimum Gasteiger partial charge on any atom is -0.379 e. The number of thioether (sulfide) groups is 1. The number of aliphatic imine (C=N–C) groups is 1. The molecule has 1 saturated heterocycles. The van der Waals surface area contributed by atoms with E-state index in [0.29, 0.717) is 6.54 Å². The van der Waals surface area contributed by atoms with Gasteiger partial charge in [0.05, 0.1) is 25.8 Å². The van der Waals surface area contributed by atoms with Crippen molar-refractivity contribution >= 4 is 29.3 Å². The summed E-state index contributed by atoms with van der Waals surface area (Å²) >= 11 is 8.30. The van der Waals surface area contributed by atoms with Gasteiger partial charge in [0.15, 0.2) is 5.96 Å². The molecule has 1 aromatic rings. The van der Waals surface area contributed by atoms with E-state index in [-0.39, 0.29) is 6.04 Å². The Bertz CT molecular complexity index is 538. The Morgan fingerprint density at radius 2 is 2.08 bits per heavy atom. The molecule has 2 rings (SSSR count). The molecular formula is C18H29ClN4OS. The summed E-state index contributed by atoms with van der Waals surface area (Å²) in [7, 11) is 0. The maximum Gasteiger partial charge on any atom is 0.191 e. The molecule has 1 aliphatic heterocycles. The molecule has 0 radical (unpaired) electrons. The van der Waals surface area contributed by atoms with Crippen LogP contribution in [0.25, 0.3) is 0 Å². The van der Waals surface area contributed by atoms with Crippen molar-refractivity contribution in [1.29, 1.82) is 0 Å². The maximum atomic E-state index is 6.48. The quantitative estimate of drug-likeness (QED) is 0.410. The highest BCUT2D eigenvalue weighted by molar-refractivity contribution is 7.98. The van der Waals surface area contributed by atoms with Crippen LogP contribution in [0.1, 0.15) is 18.5 Å². The first-order valence-electron chi connectivity index (χ1n) is 8.83. The summed E-state index contributed by atoms with van der Waals surface area (Å²) < 4.78 is 5.51. The fourth-order valence-electron chi connectivity index (χ4n) is 2.84. The number of hydrogen-bond acceptors (Lipinski definition) is 4. The van der Waals surface area contributed by atoms with Crippen LogP contribution in [0.2, 0.25) is 5.02 Å². The zero-order chi connectivity index (χ0) is 17.9. The molecular weight excluding hydrogens is 356 g/mol. The van der Waals surface area contributed by atoms with Crippen molar-refractivity contribution in [2.24, 2.45) is 4.99 Å². The molecule has 0 bridgehead atoms. The third-order valence-corrected chi connectivity index (χ3v) is 5.07. The van der Waals surface area contributed by atoms with Crippen molar-refractivity contribution < 1.29 is 4.74 Å². The van der Waals surface area contributed by atoms with Crippen molar-refractivity contribution in [3.63, 3.8) is 0 Å². The Morgan fingerprint density at radius 1 is 1.32 bits per heavy atom. The number of nitrogens with zero attached hydrogens (tertiary/aromatic N) is 2. The van der Waals surface area contributed by atoms with Gasteiger partial charge < -0.3 is 15.4 Å². The first kappa shape index (κ1) is 20.4. The zero-order valence-electron chi connectivity index (χ0n) is 15.1. The molecule has 1 atom stereocenters. The first-order chi connectivity index (χ1) is 12.3. The fraction of sp³-hybridized carbons (Fsp3) is 0.611. The Hall–Kier alpha value is -0.950. The van der Waals surface area contributed by atoms with Crippen LogP contribution >= 0.6 is 23.4 Å². The maximum absolute atomic E-state index is 6.48. The van der Waals surface area contributed by atoms with Crippen LogP contribution in [0.15, 0.2) is 29.3 Å². The normalized spacial score (nSPS) is 17.3. The van der Waals surface area contributed by atoms with Gasteiger partial charge in [-0.3, -0.25) is 9.89 Å². The molecule has 1 unspecified atom stereocenters. The predicted molar refractivity (Wildman–Crippen MR) is 109 cm³/mol. The smallest absolute Gasteiger partial charge is 0.191 e. The standard InChI is InChI=1S/C18H29ClN4OS/c1-3-20-18(21-8-13-25-2)22-14-17(23-9-11-24-12-10-23)15-6-4-5-7-16(15)19/h4-7,17H,3,8-14H2,1-2H3,(H2,20,21,22). The summed E-state index contributed by atoms with van der Waals surface area (Å²) in [6.45, 7) is 7.83. The second-order valence-corrected chi connectivity index (χ2v) is 7.22. The van der Waals surface area contributed by atoms with Crippen LogP contribution in [0.3, 0.4) is 0 Å². The molecule has 1 aromatic carbocycles. The van der Waals surface area contributed by atoms with Crippen LogP contribution in [0, 0.1) is 0 Å². The van der Waals surface area contributed by atoms with E-state index in [1.807, 2.05) is 30.0 Å². The Morgan fingerprint density at radius 3 is 2.76 bits per heavy atom. The van der Waals surface area contributed by atoms with Gasteiger partial charge in [-0.15, -0.1) is 0 Å². The van der Waals surface area contributed by atoms with Crippen LogP contribution in [-0.4, -0.2) is 68.8 Å². The minimum atomic E-state index is 0.161. The Balaban J connectivity index is 2.13. The molecule has 1 aliphatic rings. The average Bonchev–Trinajstić information content (AvgIpc) is 2.64. The number of benzene rings is 1. The molecule has 1 heterocycles. The molecule has 2 N–H and O–H groups in total. The summed E-state index contributed by atoms with van der Waals surface area (Å²) in [5, 5.41) is 7.51. The summed E-state index contributed by atoms with van der Waals surface area (Å²) in [6, 6.07) is 8.23. The molecule has 25 heavy (non-hydrogen) atoms. The zero-order valence-corrected chi connectivity index (χ0v) is 16.7. The van der Waals surface area contributed by atoms with Gasteiger partial charge in [-0.1, -0.05) is 29.8 Å². The predicted octanol–water partition coefficient (Wildman–Crippen LogP) is 2.63. The van der Waals surface area contributed by atoms with Crippen molar-refractivity contribution in [2.75, 3.05) is 57.9 Å². The third-order valence-electron chi connectivity index (χ3n) is 4.12. The van der Waals surface area contributed by atoms with E-state index in [1.54, 1.807) is 0 Å². The van der Waals surface area contributed by atoms with Crippen LogP contribution in [-0.2, 0) is 4.74 Å². The molecule has 0 aromatic heterocycles. The topological polar surface area (TPSA) is 48.9 Å². The molecule has 140 valence electrons. The molecule has 1 fully saturated rings. The van der Waals surface area contributed by atoms with E-state index >= 15 is 0 Å². The van der Waals surface area contributed by atoms with Crippen molar-refractivity contribution in [2.45, 2.75) is 13.0 Å². The summed E-state index contributed by atoms with van der Waals surface area (Å²) in [6.07, 6.45) is 2.11. The first-order valence-corrected chi connectivity index (χ1v) is 10.6. The van der Waals surface area contributed by atoms with Crippen LogP contribution in [0.5, 0.6) is 0 Å². The molecule has 0 saturated carbocycles. The van der Waals surface area contributed by atoms with Gasteiger partial charge in [0.1, 0.15) is 0 Å². The Kier molecular flexibility index (Phi) is 9.47. The van der Waals surface area contributed by atoms with E-state index in [4.69, 9.17) is 21.3 Å². The van der Waals surface area contributed by atoms with Gasteiger partial charge in [-0.25, -0.2) is 0 Å². The van der Waals surface area contributed by atoms with Gasteiger partial charge in [-0.05, 0) is 24.8 Å². The van der Waals surface area contributed by atoms with E-state index in [2.05, 4.69) is 34.8 Å². The molecule has 5 nitrogen and oxygen atoms in total. The second kappa shape index (κ2) is 11.6.